The van der Waals surface area contributed by atoms with Crippen molar-refractivity contribution >= 4 is 11.9 Å². The van der Waals surface area contributed by atoms with Crippen LogP contribution in [0.2, 0.25) is 0 Å². The molecule has 5 nitrogen and oxygen atoms in total. The molecular weight excluding hydrogens is 342 g/mol. The van der Waals surface area contributed by atoms with E-state index in [0.29, 0.717) is 6.42 Å². The molecule has 0 aromatic heterocycles. The van der Waals surface area contributed by atoms with Gasteiger partial charge >= 0.3 is 11.9 Å². The number of carboxylic acid groups (broad SMARTS) is 2. The van der Waals surface area contributed by atoms with Gasteiger partial charge in [-0.2, -0.15) is 0 Å². The Morgan fingerprint density at radius 1 is 0.630 bits per heavy atom. The molecule has 0 heterocycles. The number of quaternary nitrogens is 1. The molecule has 5 heteroatoms. The quantitative estimate of drug-likeness (QED) is 0.267. The van der Waals surface area contributed by atoms with Gasteiger partial charge in [-0.15, -0.1) is 0 Å². The molecule has 0 atom stereocenters. The third-order valence-corrected chi connectivity index (χ3v) is 5.12. The van der Waals surface area contributed by atoms with Gasteiger partial charge in [0.1, 0.15) is 0 Å². The lowest BCUT2D eigenvalue weighted by Gasteiger charge is -2.39. The summed E-state index contributed by atoms with van der Waals surface area (Å²) in [5, 5.41) is 16.6. The summed E-state index contributed by atoms with van der Waals surface area (Å²) in [6, 6.07) is 0. The summed E-state index contributed by atoms with van der Waals surface area (Å²) in [5.74, 6) is -3.74. The fourth-order valence-electron chi connectivity index (χ4n) is 3.29. The average Bonchev–Trinajstić information content (AvgIpc) is 2.65. The normalized spacial score (nSPS) is 11.2. The maximum absolute atomic E-state index is 10.2. The van der Waals surface area contributed by atoms with Crippen molar-refractivity contribution in [3.05, 3.63) is 0 Å². The lowest BCUT2D eigenvalue weighted by molar-refractivity contribution is -0.929. The molecule has 0 aliphatic carbocycles. The van der Waals surface area contributed by atoms with Crippen LogP contribution < -0.4 is 0 Å². The highest BCUT2D eigenvalue weighted by Gasteiger charge is 2.25. The molecule has 0 saturated heterocycles. The predicted molar refractivity (Wildman–Crippen MR) is 113 cm³/mol. The molecule has 0 aliphatic heterocycles. The number of nitrogens with zero attached hydrogens (tertiary/aromatic N) is 1. The number of aliphatic carboxylic acids is 2. The molecule has 0 aliphatic rings. The number of hydrogen-bond donors (Lipinski definition) is 2. The van der Waals surface area contributed by atoms with Gasteiger partial charge < -0.3 is 14.7 Å². The summed E-state index contributed by atoms with van der Waals surface area (Å²) in [6.07, 6.45) is 11.8. The van der Waals surface area contributed by atoms with Crippen LogP contribution in [0.4, 0.5) is 0 Å². The summed E-state index contributed by atoms with van der Waals surface area (Å²) in [6.45, 7) is 16.8. The third kappa shape index (κ3) is 14.6. The van der Waals surface area contributed by atoms with Crippen LogP contribution in [0.3, 0.4) is 0 Å². The van der Waals surface area contributed by atoms with Gasteiger partial charge in [0.25, 0.3) is 0 Å². The van der Waals surface area contributed by atoms with E-state index in [0.717, 1.165) is 0 Å². The van der Waals surface area contributed by atoms with Crippen LogP contribution in [0.1, 0.15) is 98.8 Å². The first-order chi connectivity index (χ1) is 12.8. The van der Waals surface area contributed by atoms with E-state index in [-0.39, 0.29) is 6.42 Å². The fourth-order valence-corrected chi connectivity index (χ4v) is 3.29. The highest BCUT2D eigenvalue weighted by Crippen LogP contribution is 2.16. The highest BCUT2D eigenvalue weighted by atomic mass is 16.4. The van der Waals surface area contributed by atoms with Crippen molar-refractivity contribution in [2.24, 2.45) is 5.92 Å². The average molecular weight is 389 g/mol. The lowest BCUT2D eigenvalue weighted by Crippen LogP contribution is -2.50. The minimum Gasteiger partial charge on any atom is -0.481 e. The van der Waals surface area contributed by atoms with Crippen molar-refractivity contribution in [1.29, 1.82) is 0 Å². The molecule has 0 bridgehead atoms. The smallest absolute Gasteiger partial charge is 0.317 e. The van der Waals surface area contributed by atoms with Gasteiger partial charge in [0.05, 0.1) is 26.2 Å². The van der Waals surface area contributed by atoms with Crippen LogP contribution in [0.25, 0.3) is 0 Å². The second-order valence-electron chi connectivity index (χ2n) is 7.67. The van der Waals surface area contributed by atoms with Crippen molar-refractivity contribution < 1.29 is 24.3 Å². The van der Waals surface area contributed by atoms with E-state index < -0.39 is 17.9 Å². The zero-order valence-corrected chi connectivity index (χ0v) is 18.6. The maximum Gasteiger partial charge on any atom is 0.317 e. The van der Waals surface area contributed by atoms with Crippen molar-refractivity contribution in [3.63, 3.8) is 0 Å². The van der Waals surface area contributed by atoms with Crippen molar-refractivity contribution in [3.8, 4) is 0 Å². The van der Waals surface area contributed by atoms with Crippen LogP contribution in [0.5, 0.6) is 0 Å². The Hall–Kier alpha value is -1.10. The first-order valence-corrected chi connectivity index (χ1v) is 11.1. The minimum atomic E-state index is -1.26. The van der Waals surface area contributed by atoms with Crippen molar-refractivity contribution in [2.75, 3.05) is 26.2 Å². The molecule has 0 unspecified atom stereocenters. The van der Waals surface area contributed by atoms with Crippen LogP contribution in [-0.2, 0) is 9.59 Å². The third-order valence-electron chi connectivity index (χ3n) is 5.12. The highest BCUT2D eigenvalue weighted by molar-refractivity contribution is 5.92. The first kappa shape index (κ1) is 28.1. The largest absolute Gasteiger partial charge is 0.481 e. The number of unbranched alkanes of at least 4 members (excludes halogenated alkanes) is 4. The second kappa shape index (κ2) is 18.3. The van der Waals surface area contributed by atoms with Gasteiger partial charge in [0, 0.05) is 0 Å². The van der Waals surface area contributed by atoms with E-state index in [2.05, 4.69) is 27.7 Å². The summed E-state index contributed by atoms with van der Waals surface area (Å²) in [5.41, 5.74) is 0. The number of rotatable bonds is 16. The van der Waals surface area contributed by atoms with Gasteiger partial charge in [0.15, 0.2) is 5.92 Å². The van der Waals surface area contributed by atoms with E-state index in [1.807, 2.05) is 0 Å². The monoisotopic (exact) mass is 388 g/mol. The van der Waals surface area contributed by atoms with E-state index in [1.165, 1.54) is 82.0 Å². The van der Waals surface area contributed by atoms with Gasteiger partial charge in [-0.25, -0.2) is 0 Å². The molecule has 2 N–H and O–H groups in total. The van der Waals surface area contributed by atoms with Crippen molar-refractivity contribution in [2.45, 2.75) is 98.8 Å². The van der Waals surface area contributed by atoms with Gasteiger partial charge in [0.2, 0.25) is 0 Å². The van der Waals surface area contributed by atoms with E-state index in [9.17, 15) is 9.59 Å². The zero-order chi connectivity index (χ0) is 21.1. The standard InChI is InChI=1S/C16H36N.C6H10O4/c1-5-9-13-17(14-10-6-2,15-11-7-3)16-12-8-4;1-2-3-4(5(7)8)6(9)10/h5-16H2,1-4H3;4H,2-3H2,1H3,(H,7,8)(H,9,10)/q+1;. The lowest BCUT2D eigenvalue weighted by atomic mass is 10.1. The Kier molecular flexibility index (Phi) is 19.0. The molecule has 0 spiro atoms. The molecule has 27 heavy (non-hydrogen) atoms. The topological polar surface area (TPSA) is 74.6 Å². The Morgan fingerprint density at radius 3 is 1.07 bits per heavy atom. The first-order valence-electron chi connectivity index (χ1n) is 11.1. The Morgan fingerprint density at radius 2 is 0.926 bits per heavy atom. The Bertz CT molecular complexity index is 320. The Labute approximate surface area is 167 Å². The second-order valence-corrected chi connectivity index (χ2v) is 7.67. The zero-order valence-electron chi connectivity index (χ0n) is 18.6. The predicted octanol–water partition coefficient (Wildman–Crippen LogP) is 5.58. The van der Waals surface area contributed by atoms with Gasteiger partial charge in [-0.1, -0.05) is 66.7 Å². The SMILES string of the molecule is CCCC(C(=O)O)C(=O)O.CCCC[N+](CCCC)(CCCC)CCCC. The summed E-state index contributed by atoms with van der Waals surface area (Å²) < 4.78 is 1.42. The van der Waals surface area contributed by atoms with Crippen molar-refractivity contribution in [1.82, 2.24) is 0 Å². The molecular formula is C22H46NO4+. The van der Waals surface area contributed by atoms with Crippen LogP contribution >= 0.6 is 0 Å². The van der Waals surface area contributed by atoms with Crippen LogP contribution in [0, 0.1) is 5.92 Å². The number of hydrogen-bond acceptors (Lipinski definition) is 2. The molecule has 162 valence electrons. The van der Waals surface area contributed by atoms with E-state index >= 15 is 0 Å². The van der Waals surface area contributed by atoms with Crippen LogP contribution in [-0.4, -0.2) is 52.8 Å². The molecule has 0 rings (SSSR count). The molecule has 0 aromatic carbocycles. The minimum absolute atomic E-state index is 0.199. The molecule has 0 amide bonds. The molecule has 0 aromatic rings. The number of carboxylic acids is 2. The Balaban J connectivity index is 0. The van der Waals surface area contributed by atoms with E-state index in [4.69, 9.17) is 10.2 Å². The number of carbonyl (C=O) groups is 2. The van der Waals surface area contributed by atoms with Gasteiger partial charge in [-0.05, 0) is 32.1 Å². The molecule has 0 fully saturated rings. The molecule has 0 radical (unpaired) electrons. The molecule has 0 saturated carbocycles. The van der Waals surface area contributed by atoms with Gasteiger partial charge in [-0.3, -0.25) is 9.59 Å². The van der Waals surface area contributed by atoms with E-state index in [1.54, 1.807) is 6.92 Å². The van der Waals surface area contributed by atoms with Crippen LogP contribution in [0.15, 0.2) is 0 Å². The fraction of sp³-hybridized carbons (Fsp3) is 0.909. The summed E-state index contributed by atoms with van der Waals surface area (Å²) in [4.78, 5) is 20.3. The summed E-state index contributed by atoms with van der Waals surface area (Å²) in [7, 11) is 0. The summed E-state index contributed by atoms with van der Waals surface area (Å²) >= 11 is 0. The maximum atomic E-state index is 10.2.